The first kappa shape index (κ1) is 12.9. The van der Waals surface area contributed by atoms with Crippen LogP contribution in [0.5, 0.6) is 0 Å². The van der Waals surface area contributed by atoms with Crippen molar-refractivity contribution in [1.29, 1.82) is 0 Å². The second kappa shape index (κ2) is 5.91. The van der Waals surface area contributed by atoms with E-state index >= 15 is 0 Å². The van der Waals surface area contributed by atoms with Gasteiger partial charge in [0.2, 0.25) is 0 Å². The Morgan fingerprint density at radius 1 is 1.26 bits per heavy atom. The third-order valence-electron chi connectivity index (χ3n) is 4.73. The Kier molecular flexibility index (Phi) is 4.02. The van der Waals surface area contributed by atoms with Gasteiger partial charge in [-0.15, -0.1) is 0 Å². The Balaban J connectivity index is 1.81. The lowest BCUT2D eigenvalue weighted by atomic mass is 9.78. The van der Waals surface area contributed by atoms with Gasteiger partial charge in [0.15, 0.2) is 0 Å². The predicted octanol–water partition coefficient (Wildman–Crippen LogP) is 2.96. The number of piperidine rings is 1. The first-order valence-corrected chi connectivity index (χ1v) is 7.74. The Labute approximate surface area is 116 Å². The molecule has 0 aromatic carbocycles. The molecule has 0 spiro atoms. The summed E-state index contributed by atoms with van der Waals surface area (Å²) < 4.78 is 0. The quantitative estimate of drug-likeness (QED) is 0.904. The molecule has 2 heterocycles. The fraction of sp³-hybridized carbons (Fsp3) is 0.688. The van der Waals surface area contributed by atoms with Gasteiger partial charge >= 0.3 is 0 Å². The summed E-state index contributed by atoms with van der Waals surface area (Å²) >= 11 is 0. The minimum Gasteiger partial charge on any atom is -0.353 e. The molecule has 1 aromatic rings. The van der Waals surface area contributed by atoms with E-state index in [0.29, 0.717) is 0 Å². The third-order valence-corrected chi connectivity index (χ3v) is 4.73. The van der Waals surface area contributed by atoms with Gasteiger partial charge in [-0.05, 0) is 56.3 Å². The van der Waals surface area contributed by atoms with Crippen LogP contribution in [0, 0.1) is 5.92 Å². The van der Waals surface area contributed by atoms with E-state index in [1.807, 2.05) is 13.2 Å². The van der Waals surface area contributed by atoms with Gasteiger partial charge in [-0.2, -0.15) is 0 Å². The number of anilines is 1. The number of hydrogen-bond donors (Lipinski definition) is 1. The van der Waals surface area contributed by atoms with E-state index in [1.165, 1.54) is 56.5 Å². The SMILES string of the molecule is CNCc1ccnc(N2CCC[C@H]3CCCC[C@H]32)c1. The molecular weight excluding hydrogens is 234 g/mol. The van der Waals surface area contributed by atoms with E-state index in [1.54, 1.807) is 0 Å². The van der Waals surface area contributed by atoms with Crippen molar-refractivity contribution in [2.45, 2.75) is 51.1 Å². The molecule has 104 valence electrons. The highest BCUT2D eigenvalue weighted by atomic mass is 15.2. The molecule has 3 nitrogen and oxygen atoms in total. The smallest absolute Gasteiger partial charge is 0.129 e. The summed E-state index contributed by atoms with van der Waals surface area (Å²) in [6.45, 7) is 2.12. The average Bonchev–Trinajstić information content (AvgIpc) is 2.47. The van der Waals surface area contributed by atoms with E-state index in [0.717, 1.165) is 18.5 Å². The summed E-state index contributed by atoms with van der Waals surface area (Å²) in [5.41, 5.74) is 1.34. The Hall–Kier alpha value is -1.09. The lowest BCUT2D eigenvalue weighted by Crippen LogP contribution is -2.47. The highest BCUT2D eigenvalue weighted by molar-refractivity contribution is 5.43. The topological polar surface area (TPSA) is 28.2 Å². The normalized spacial score (nSPS) is 27.1. The highest BCUT2D eigenvalue weighted by Gasteiger charge is 2.33. The van der Waals surface area contributed by atoms with Crippen molar-refractivity contribution in [2.24, 2.45) is 5.92 Å². The molecule has 0 bridgehead atoms. The molecule has 1 aliphatic heterocycles. The van der Waals surface area contributed by atoms with Gasteiger partial charge in [0.25, 0.3) is 0 Å². The lowest BCUT2D eigenvalue weighted by Gasteiger charge is -2.44. The zero-order valence-electron chi connectivity index (χ0n) is 11.9. The van der Waals surface area contributed by atoms with Crippen molar-refractivity contribution in [3.8, 4) is 0 Å². The van der Waals surface area contributed by atoms with Crippen molar-refractivity contribution >= 4 is 5.82 Å². The van der Waals surface area contributed by atoms with E-state index in [4.69, 9.17) is 0 Å². The molecule has 2 fully saturated rings. The first-order valence-electron chi connectivity index (χ1n) is 7.74. The van der Waals surface area contributed by atoms with Crippen LogP contribution < -0.4 is 10.2 Å². The van der Waals surface area contributed by atoms with Crippen LogP contribution in [0.4, 0.5) is 5.82 Å². The van der Waals surface area contributed by atoms with Gasteiger partial charge in [0.1, 0.15) is 5.82 Å². The molecule has 0 amide bonds. The molecule has 2 aliphatic rings. The van der Waals surface area contributed by atoms with E-state index in [2.05, 4.69) is 27.3 Å². The van der Waals surface area contributed by atoms with Gasteiger partial charge in [-0.1, -0.05) is 12.8 Å². The number of rotatable bonds is 3. The van der Waals surface area contributed by atoms with Crippen molar-refractivity contribution in [3.63, 3.8) is 0 Å². The summed E-state index contributed by atoms with van der Waals surface area (Å²) in [6, 6.07) is 5.13. The minimum atomic E-state index is 0.750. The van der Waals surface area contributed by atoms with Gasteiger partial charge in [0, 0.05) is 25.3 Å². The minimum absolute atomic E-state index is 0.750. The van der Waals surface area contributed by atoms with Gasteiger partial charge in [0.05, 0.1) is 0 Å². The molecule has 3 heteroatoms. The summed E-state index contributed by atoms with van der Waals surface area (Å²) in [7, 11) is 2.00. The Bertz CT molecular complexity index is 416. The summed E-state index contributed by atoms with van der Waals surface area (Å²) in [6.07, 6.45) is 10.3. The maximum Gasteiger partial charge on any atom is 0.129 e. The van der Waals surface area contributed by atoms with Crippen LogP contribution in [0.1, 0.15) is 44.1 Å². The number of aromatic nitrogens is 1. The second-order valence-electron chi connectivity index (χ2n) is 6.00. The number of fused-ring (bicyclic) bond motifs is 1. The third kappa shape index (κ3) is 2.76. The number of nitrogens with one attached hydrogen (secondary N) is 1. The summed E-state index contributed by atoms with van der Waals surface area (Å²) in [4.78, 5) is 7.22. The van der Waals surface area contributed by atoms with Crippen LogP contribution in [0.2, 0.25) is 0 Å². The van der Waals surface area contributed by atoms with E-state index < -0.39 is 0 Å². The van der Waals surface area contributed by atoms with Crippen LogP contribution in [0.15, 0.2) is 18.3 Å². The van der Waals surface area contributed by atoms with Crippen LogP contribution in [0.25, 0.3) is 0 Å². The maximum absolute atomic E-state index is 4.63. The molecule has 3 rings (SSSR count). The van der Waals surface area contributed by atoms with Gasteiger partial charge in [-0.3, -0.25) is 0 Å². The van der Waals surface area contributed by atoms with Crippen LogP contribution in [-0.4, -0.2) is 24.6 Å². The summed E-state index contributed by atoms with van der Waals surface area (Å²) in [5, 5.41) is 3.22. The van der Waals surface area contributed by atoms with Crippen molar-refractivity contribution in [2.75, 3.05) is 18.5 Å². The van der Waals surface area contributed by atoms with Crippen LogP contribution in [0.3, 0.4) is 0 Å². The van der Waals surface area contributed by atoms with Gasteiger partial charge < -0.3 is 10.2 Å². The number of pyridine rings is 1. The molecule has 1 aromatic heterocycles. The molecule has 0 radical (unpaired) electrons. The molecule has 1 aliphatic carbocycles. The summed E-state index contributed by atoms with van der Waals surface area (Å²) in [5.74, 6) is 2.11. The molecule has 19 heavy (non-hydrogen) atoms. The maximum atomic E-state index is 4.63. The van der Waals surface area contributed by atoms with Crippen molar-refractivity contribution < 1.29 is 0 Å². The Morgan fingerprint density at radius 2 is 2.11 bits per heavy atom. The predicted molar refractivity (Wildman–Crippen MR) is 79.3 cm³/mol. The second-order valence-corrected chi connectivity index (χ2v) is 6.00. The highest BCUT2D eigenvalue weighted by Crippen LogP contribution is 2.37. The van der Waals surface area contributed by atoms with Crippen LogP contribution in [-0.2, 0) is 6.54 Å². The average molecular weight is 259 g/mol. The monoisotopic (exact) mass is 259 g/mol. The lowest BCUT2D eigenvalue weighted by molar-refractivity contribution is 0.242. The number of nitrogens with zero attached hydrogens (tertiary/aromatic N) is 2. The molecule has 0 unspecified atom stereocenters. The van der Waals surface area contributed by atoms with Crippen molar-refractivity contribution in [3.05, 3.63) is 23.9 Å². The standard InChI is InChI=1S/C16H25N3/c1-17-12-13-8-9-18-16(11-13)19-10-4-6-14-5-2-3-7-15(14)19/h8-9,11,14-15,17H,2-7,10,12H2,1H3/t14-,15-/m1/s1. The van der Waals surface area contributed by atoms with E-state index in [9.17, 15) is 0 Å². The zero-order chi connectivity index (χ0) is 13.1. The van der Waals surface area contributed by atoms with Crippen LogP contribution >= 0.6 is 0 Å². The van der Waals surface area contributed by atoms with Crippen molar-refractivity contribution in [1.82, 2.24) is 10.3 Å². The first-order chi connectivity index (χ1) is 9.38. The van der Waals surface area contributed by atoms with Gasteiger partial charge in [-0.25, -0.2) is 4.98 Å². The fourth-order valence-electron chi connectivity index (χ4n) is 3.84. The fourth-order valence-corrected chi connectivity index (χ4v) is 3.84. The Morgan fingerprint density at radius 3 is 3.00 bits per heavy atom. The molecule has 1 N–H and O–H groups in total. The zero-order valence-corrected chi connectivity index (χ0v) is 11.9. The van der Waals surface area contributed by atoms with E-state index in [-0.39, 0.29) is 0 Å². The molecule has 1 saturated heterocycles. The molecular formula is C16H25N3. The number of hydrogen-bond acceptors (Lipinski definition) is 3. The molecule has 1 saturated carbocycles. The largest absolute Gasteiger partial charge is 0.353 e. The molecule has 2 atom stereocenters.